The summed E-state index contributed by atoms with van der Waals surface area (Å²) in [6, 6.07) is 4.87. The number of likely N-dealkylation sites (tertiary alicyclic amines) is 1. The molecular formula is C18H20F4N2O4. The van der Waals surface area contributed by atoms with Crippen molar-refractivity contribution in [1.29, 1.82) is 0 Å². The van der Waals surface area contributed by atoms with E-state index in [-0.39, 0.29) is 31.0 Å². The summed E-state index contributed by atoms with van der Waals surface area (Å²) < 4.78 is 55.7. The van der Waals surface area contributed by atoms with E-state index in [0.29, 0.717) is 19.4 Å². The topological polar surface area (TPSA) is 78.9 Å². The lowest BCUT2D eigenvalue weighted by atomic mass is 9.71. The summed E-state index contributed by atoms with van der Waals surface area (Å²) >= 11 is 0. The monoisotopic (exact) mass is 404 g/mol. The van der Waals surface area contributed by atoms with Crippen LogP contribution in [0.4, 0.5) is 17.6 Å². The molecule has 3 rings (SSSR count). The van der Waals surface area contributed by atoms with Crippen molar-refractivity contribution in [2.75, 3.05) is 19.6 Å². The molecule has 1 aromatic carbocycles. The summed E-state index contributed by atoms with van der Waals surface area (Å²) in [5, 5.41) is 13.1. The smallest absolute Gasteiger partial charge is 0.427 e. The quantitative estimate of drug-likeness (QED) is 0.753. The Labute approximate surface area is 158 Å². The Balaban J connectivity index is 1.86. The van der Waals surface area contributed by atoms with Crippen molar-refractivity contribution in [2.45, 2.75) is 37.9 Å². The van der Waals surface area contributed by atoms with Crippen LogP contribution >= 0.6 is 0 Å². The fourth-order valence-electron chi connectivity index (χ4n) is 3.71. The van der Waals surface area contributed by atoms with Crippen LogP contribution in [0.2, 0.25) is 0 Å². The molecule has 0 radical (unpaired) electrons. The highest BCUT2D eigenvalue weighted by atomic mass is 19.3. The molecule has 10 heteroatoms. The number of hydrogen-bond acceptors (Lipinski definition) is 4. The van der Waals surface area contributed by atoms with Gasteiger partial charge in [-0.25, -0.2) is 0 Å². The van der Waals surface area contributed by atoms with Crippen molar-refractivity contribution in [3.05, 3.63) is 29.8 Å². The normalized spacial score (nSPS) is 25.7. The molecule has 2 aliphatic rings. The zero-order chi connectivity index (χ0) is 20.5. The third-order valence-electron chi connectivity index (χ3n) is 5.23. The molecule has 2 fully saturated rings. The molecule has 0 unspecified atom stereocenters. The van der Waals surface area contributed by atoms with E-state index in [2.05, 4.69) is 10.1 Å². The highest BCUT2D eigenvalue weighted by Gasteiger charge is 2.51. The molecule has 1 aromatic rings. The zero-order valence-electron chi connectivity index (χ0n) is 14.8. The second-order valence-corrected chi connectivity index (χ2v) is 7.01. The van der Waals surface area contributed by atoms with Crippen LogP contribution in [0.25, 0.3) is 0 Å². The second-order valence-electron chi connectivity index (χ2n) is 7.01. The van der Waals surface area contributed by atoms with Gasteiger partial charge in [0.15, 0.2) is 0 Å². The Morgan fingerprint density at radius 1 is 1.36 bits per heavy atom. The van der Waals surface area contributed by atoms with Gasteiger partial charge in [0, 0.05) is 19.6 Å². The van der Waals surface area contributed by atoms with Gasteiger partial charge in [-0.3, -0.25) is 9.59 Å². The lowest BCUT2D eigenvalue weighted by Crippen LogP contribution is -2.62. The van der Waals surface area contributed by atoms with Crippen LogP contribution in [0.1, 0.15) is 29.6 Å². The first-order valence-electron chi connectivity index (χ1n) is 8.87. The molecule has 2 aliphatic heterocycles. The van der Waals surface area contributed by atoms with Crippen molar-refractivity contribution >= 4 is 11.8 Å². The largest absolute Gasteiger partial charge is 0.461 e. The molecular weight excluding hydrogens is 384 g/mol. The first-order chi connectivity index (χ1) is 13.2. The number of aliphatic hydroxyl groups is 1. The van der Waals surface area contributed by atoms with E-state index in [0.717, 1.165) is 6.07 Å². The molecule has 2 atom stereocenters. The number of aliphatic hydroxyl groups excluding tert-OH is 1. The van der Waals surface area contributed by atoms with Crippen molar-refractivity contribution in [2.24, 2.45) is 5.41 Å². The summed E-state index contributed by atoms with van der Waals surface area (Å²) in [6.07, 6.45) is -8.60. The number of nitrogens with zero attached hydrogens (tertiary/aromatic N) is 1. The number of hydrogen-bond donors (Lipinski definition) is 2. The van der Waals surface area contributed by atoms with Gasteiger partial charge in [0.2, 0.25) is 5.91 Å². The maximum Gasteiger partial charge on any atom is 0.461 e. The second kappa shape index (κ2) is 7.57. The standard InChI is InChI=1S/C18H20F4N2O4/c19-15(20)18(21,22)28-12-5-2-1-4-11(12)14(26)24-9-6-13(25)17(10-24)7-3-8-23-16(17)27/h1-2,4-5,13,15,25H,3,6-10H2,(H,23,27)/t13-,17-/m1/s1. The molecule has 0 bridgehead atoms. The molecule has 6 nitrogen and oxygen atoms in total. The molecule has 2 heterocycles. The highest BCUT2D eigenvalue weighted by Crippen LogP contribution is 2.38. The fraction of sp³-hybridized carbons (Fsp3) is 0.556. The Bertz CT molecular complexity index is 761. The van der Waals surface area contributed by atoms with Crippen LogP contribution in [0.3, 0.4) is 0 Å². The summed E-state index contributed by atoms with van der Waals surface area (Å²) in [6.45, 7) is 0.466. The number of amides is 2. The third kappa shape index (κ3) is 3.65. The number of rotatable bonds is 4. The van der Waals surface area contributed by atoms with Gasteiger partial charge in [0.25, 0.3) is 5.91 Å². The van der Waals surface area contributed by atoms with E-state index in [9.17, 15) is 32.3 Å². The first-order valence-corrected chi connectivity index (χ1v) is 8.87. The molecule has 2 N–H and O–H groups in total. The van der Waals surface area contributed by atoms with Gasteiger partial charge in [-0.1, -0.05) is 12.1 Å². The summed E-state index contributed by atoms with van der Waals surface area (Å²) in [4.78, 5) is 26.6. The highest BCUT2D eigenvalue weighted by molar-refractivity contribution is 5.97. The van der Waals surface area contributed by atoms with Crippen molar-refractivity contribution in [3.63, 3.8) is 0 Å². The lowest BCUT2D eigenvalue weighted by Gasteiger charge is -2.46. The first kappa shape index (κ1) is 20.4. The number of ether oxygens (including phenoxy) is 1. The van der Waals surface area contributed by atoms with Crippen LogP contribution in [0.15, 0.2) is 24.3 Å². The maximum absolute atomic E-state index is 13.3. The average Bonchev–Trinajstić information content (AvgIpc) is 2.65. The minimum Gasteiger partial charge on any atom is -0.427 e. The molecule has 1 spiro atoms. The van der Waals surface area contributed by atoms with Gasteiger partial charge in [-0.05, 0) is 31.4 Å². The van der Waals surface area contributed by atoms with E-state index in [1.165, 1.54) is 23.1 Å². The van der Waals surface area contributed by atoms with Crippen LogP contribution in [0.5, 0.6) is 5.75 Å². The predicted octanol–water partition coefficient (Wildman–Crippen LogP) is 2.03. The number of nitrogens with one attached hydrogen (secondary N) is 1. The van der Waals surface area contributed by atoms with Crippen LogP contribution in [-0.2, 0) is 4.79 Å². The third-order valence-corrected chi connectivity index (χ3v) is 5.23. The van der Waals surface area contributed by atoms with Crippen molar-refractivity contribution in [1.82, 2.24) is 10.2 Å². The molecule has 0 aromatic heterocycles. The minimum absolute atomic E-state index is 0.0919. The van der Waals surface area contributed by atoms with Crippen molar-refractivity contribution in [3.8, 4) is 5.75 Å². The Morgan fingerprint density at radius 3 is 2.75 bits per heavy atom. The van der Waals surface area contributed by atoms with E-state index in [1.54, 1.807) is 0 Å². The number of para-hydroxylation sites is 1. The fourth-order valence-corrected chi connectivity index (χ4v) is 3.71. The summed E-state index contributed by atoms with van der Waals surface area (Å²) in [5.74, 6) is -1.77. The predicted molar refractivity (Wildman–Crippen MR) is 89.2 cm³/mol. The lowest BCUT2D eigenvalue weighted by molar-refractivity contribution is -0.253. The minimum atomic E-state index is -4.75. The Hall–Kier alpha value is -2.36. The number of alkyl halides is 4. The Kier molecular flexibility index (Phi) is 5.51. The van der Waals surface area contributed by atoms with Crippen LogP contribution in [-0.4, -0.2) is 60.1 Å². The van der Waals surface area contributed by atoms with Gasteiger partial charge in [0.1, 0.15) is 5.75 Å². The van der Waals surface area contributed by atoms with Crippen molar-refractivity contribution < 1.29 is 37.0 Å². The molecule has 28 heavy (non-hydrogen) atoms. The van der Waals surface area contributed by atoms with Gasteiger partial charge in [0.05, 0.1) is 17.1 Å². The van der Waals surface area contributed by atoms with Gasteiger partial charge in [-0.2, -0.15) is 17.6 Å². The van der Waals surface area contributed by atoms with E-state index in [1.807, 2.05) is 0 Å². The number of benzene rings is 1. The molecule has 2 saturated heterocycles. The van der Waals surface area contributed by atoms with E-state index < -0.39 is 35.7 Å². The average molecular weight is 404 g/mol. The number of halogens is 4. The van der Waals surface area contributed by atoms with Crippen LogP contribution < -0.4 is 10.1 Å². The van der Waals surface area contributed by atoms with Gasteiger partial charge >= 0.3 is 12.5 Å². The SMILES string of the molecule is O=C(c1ccccc1OC(F)(F)C(F)F)N1CC[C@@H](O)[C@@]2(CCCNC2=O)C1. The zero-order valence-corrected chi connectivity index (χ0v) is 14.8. The molecule has 2 amide bonds. The van der Waals surface area contributed by atoms with Crippen LogP contribution in [0, 0.1) is 5.41 Å². The van der Waals surface area contributed by atoms with E-state index >= 15 is 0 Å². The number of piperidine rings is 2. The number of carbonyl (C=O) groups excluding carboxylic acids is 2. The molecule has 0 aliphatic carbocycles. The summed E-state index contributed by atoms with van der Waals surface area (Å²) in [5.41, 5.74) is -1.49. The van der Waals surface area contributed by atoms with Gasteiger partial charge in [-0.15, -0.1) is 0 Å². The van der Waals surface area contributed by atoms with Gasteiger partial charge < -0.3 is 20.1 Å². The molecule has 154 valence electrons. The number of carbonyl (C=O) groups is 2. The van der Waals surface area contributed by atoms with E-state index in [4.69, 9.17) is 0 Å². The Morgan fingerprint density at radius 2 is 2.07 bits per heavy atom. The maximum atomic E-state index is 13.3. The summed E-state index contributed by atoms with van der Waals surface area (Å²) in [7, 11) is 0. The molecule has 0 saturated carbocycles.